The van der Waals surface area contributed by atoms with Crippen LogP contribution in [0.25, 0.3) is 0 Å². The zero-order valence-corrected chi connectivity index (χ0v) is 6.87. The molecular weight excluding hydrogens is 142 g/mol. The van der Waals surface area contributed by atoms with Crippen molar-refractivity contribution < 1.29 is 0 Å². The average molecular weight is 153 g/mol. The summed E-state index contributed by atoms with van der Waals surface area (Å²) in [6, 6.07) is 2.88. The highest BCUT2D eigenvalue weighted by molar-refractivity contribution is 7.10. The fraction of sp³-hybridized carbons (Fsp3) is 0.500. The minimum Gasteiger partial charge on any atom is -0.309 e. The lowest BCUT2D eigenvalue weighted by Crippen LogP contribution is -2.34. The van der Waals surface area contributed by atoms with Crippen molar-refractivity contribution in [3.05, 3.63) is 21.9 Å². The van der Waals surface area contributed by atoms with Crippen LogP contribution in [0, 0.1) is 6.92 Å². The predicted molar refractivity (Wildman–Crippen MR) is 44.4 cm³/mol. The first-order valence-corrected chi connectivity index (χ1v) is 4.53. The fourth-order valence-corrected chi connectivity index (χ4v) is 2.29. The molecule has 1 saturated heterocycles. The summed E-state index contributed by atoms with van der Waals surface area (Å²) in [6.45, 7) is 3.38. The number of thiophene rings is 1. The van der Waals surface area contributed by atoms with Crippen LogP contribution in [0.4, 0.5) is 0 Å². The van der Waals surface area contributed by atoms with Crippen LogP contribution in [0.2, 0.25) is 0 Å². The van der Waals surface area contributed by atoms with Crippen molar-refractivity contribution >= 4 is 11.3 Å². The molecule has 0 aliphatic carbocycles. The maximum absolute atomic E-state index is 3.40. The van der Waals surface area contributed by atoms with Crippen LogP contribution >= 0.6 is 11.3 Å². The van der Waals surface area contributed by atoms with Crippen molar-refractivity contribution in [3.8, 4) is 0 Å². The van der Waals surface area contributed by atoms with Gasteiger partial charge >= 0.3 is 0 Å². The Morgan fingerprint density at radius 3 is 2.90 bits per heavy atom. The molecule has 2 heteroatoms. The molecule has 1 aromatic rings. The largest absolute Gasteiger partial charge is 0.309 e. The molecule has 0 unspecified atom stereocenters. The first-order chi connectivity index (χ1) is 4.88. The van der Waals surface area contributed by atoms with E-state index in [0.717, 1.165) is 0 Å². The van der Waals surface area contributed by atoms with Gasteiger partial charge in [-0.15, -0.1) is 11.3 Å². The molecule has 1 aromatic heterocycles. The average Bonchev–Trinajstić information content (AvgIpc) is 2.12. The highest BCUT2D eigenvalue weighted by atomic mass is 32.1. The molecule has 1 N–H and O–H groups in total. The minimum atomic E-state index is 0.681. The maximum Gasteiger partial charge on any atom is 0.0429 e. The number of nitrogens with one attached hydrogen (secondary N) is 1. The monoisotopic (exact) mass is 153 g/mol. The third kappa shape index (κ3) is 0.879. The summed E-state index contributed by atoms with van der Waals surface area (Å²) in [7, 11) is 0. The Labute approximate surface area is 65.1 Å². The van der Waals surface area contributed by atoms with E-state index in [1.807, 2.05) is 11.3 Å². The molecule has 0 amide bonds. The van der Waals surface area contributed by atoms with E-state index in [9.17, 15) is 0 Å². The van der Waals surface area contributed by atoms with Crippen LogP contribution in [-0.2, 0) is 0 Å². The predicted octanol–water partition coefficient (Wildman–Crippen LogP) is 2.09. The molecule has 1 nitrogen and oxygen atoms in total. The van der Waals surface area contributed by atoms with Gasteiger partial charge in [-0.3, -0.25) is 0 Å². The molecule has 54 valence electrons. The van der Waals surface area contributed by atoms with Crippen molar-refractivity contribution in [2.45, 2.75) is 19.4 Å². The van der Waals surface area contributed by atoms with E-state index in [1.165, 1.54) is 23.4 Å². The van der Waals surface area contributed by atoms with Crippen molar-refractivity contribution in [1.29, 1.82) is 0 Å². The Balaban J connectivity index is 2.23. The van der Waals surface area contributed by atoms with Gasteiger partial charge in [0.1, 0.15) is 0 Å². The Hall–Kier alpha value is -0.340. The van der Waals surface area contributed by atoms with Crippen LogP contribution in [0.1, 0.15) is 22.9 Å². The first-order valence-electron chi connectivity index (χ1n) is 3.65. The van der Waals surface area contributed by atoms with Gasteiger partial charge in [-0.1, -0.05) is 0 Å². The highest BCUT2D eigenvalue weighted by Gasteiger charge is 2.20. The van der Waals surface area contributed by atoms with Crippen LogP contribution in [-0.4, -0.2) is 6.54 Å². The van der Waals surface area contributed by atoms with Crippen molar-refractivity contribution in [2.24, 2.45) is 0 Å². The SMILES string of the molecule is Cc1ccsc1[C@@H]1CCN1. The number of aryl methyl sites for hydroxylation is 1. The Kier molecular flexibility index (Phi) is 1.51. The Morgan fingerprint density at radius 2 is 2.50 bits per heavy atom. The summed E-state index contributed by atoms with van der Waals surface area (Å²) >= 11 is 1.87. The zero-order chi connectivity index (χ0) is 6.97. The fourth-order valence-electron chi connectivity index (χ4n) is 1.25. The molecule has 0 aromatic carbocycles. The second-order valence-corrected chi connectivity index (χ2v) is 3.71. The molecule has 1 aliphatic rings. The molecule has 2 rings (SSSR count). The third-order valence-electron chi connectivity index (χ3n) is 2.04. The maximum atomic E-state index is 3.40. The van der Waals surface area contributed by atoms with Crippen LogP contribution in [0.15, 0.2) is 11.4 Å². The summed E-state index contributed by atoms with van der Waals surface area (Å²) < 4.78 is 0. The molecule has 2 heterocycles. The third-order valence-corrected chi connectivity index (χ3v) is 3.17. The van der Waals surface area contributed by atoms with Crippen LogP contribution in [0.3, 0.4) is 0 Å². The molecule has 1 aliphatic heterocycles. The number of hydrogen-bond donors (Lipinski definition) is 1. The van der Waals surface area contributed by atoms with E-state index in [4.69, 9.17) is 0 Å². The van der Waals surface area contributed by atoms with E-state index in [-0.39, 0.29) is 0 Å². The lowest BCUT2D eigenvalue weighted by atomic mass is 10.0. The van der Waals surface area contributed by atoms with E-state index in [0.29, 0.717) is 6.04 Å². The van der Waals surface area contributed by atoms with Gasteiger partial charge < -0.3 is 5.32 Å². The van der Waals surface area contributed by atoms with Crippen molar-refractivity contribution in [1.82, 2.24) is 5.32 Å². The van der Waals surface area contributed by atoms with Gasteiger partial charge in [-0.25, -0.2) is 0 Å². The molecular formula is C8H11NS. The first kappa shape index (κ1) is 6.38. The molecule has 0 radical (unpaired) electrons. The van der Waals surface area contributed by atoms with Gasteiger partial charge in [-0.2, -0.15) is 0 Å². The minimum absolute atomic E-state index is 0.681. The van der Waals surface area contributed by atoms with Crippen molar-refractivity contribution in [3.63, 3.8) is 0 Å². The molecule has 0 saturated carbocycles. The molecule has 10 heavy (non-hydrogen) atoms. The topological polar surface area (TPSA) is 12.0 Å². The van der Waals surface area contributed by atoms with E-state index in [1.54, 1.807) is 0 Å². The normalized spacial score (nSPS) is 24.3. The molecule has 0 spiro atoms. The second kappa shape index (κ2) is 2.36. The van der Waals surface area contributed by atoms with Gasteiger partial charge in [-0.05, 0) is 36.9 Å². The van der Waals surface area contributed by atoms with Gasteiger partial charge in [0.2, 0.25) is 0 Å². The van der Waals surface area contributed by atoms with E-state index >= 15 is 0 Å². The quantitative estimate of drug-likeness (QED) is 0.651. The van der Waals surface area contributed by atoms with Gasteiger partial charge in [0, 0.05) is 10.9 Å². The van der Waals surface area contributed by atoms with Gasteiger partial charge in [0.25, 0.3) is 0 Å². The smallest absolute Gasteiger partial charge is 0.0429 e. The lowest BCUT2D eigenvalue weighted by molar-refractivity contribution is 0.388. The zero-order valence-electron chi connectivity index (χ0n) is 6.05. The summed E-state index contributed by atoms with van der Waals surface area (Å²) in [5.41, 5.74) is 1.45. The van der Waals surface area contributed by atoms with Crippen LogP contribution < -0.4 is 5.32 Å². The summed E-state index contributed by atoms with van der Waals surface area (Å²) in [5.74, 6) is 0. The summed E-state index contributed by atoms with van der Waals surface area (Å²) in [4.78, 5) is 1.53. The second-order valence-electron chi connectivity index (χ2n) is 2.76. The Bertz CT molecular complexity index is 225. The van der Waals surface area contributed by atoms with Gasteiger partial charge in [0.15, 0.2) is 0 Å². The highest BCUT2D eigenvalue weighted by Crippen LogP contribution is 2.29. The summed E-state index contributed by atoms with van der Waals surface area (Å²) in [6.07, 6.45) is 1.32. The van der Waals surface area contributed by atoms with Crippen molar-refractivity contribution in [2.75, 3.05) is 6.54 Å². The van der Waals surface area contributed by atoms with Gasteiger partial charge in [0.05, 0.1) is 0 Å². The molecule has 0 bridgehead atoms. The molecule has 1 fully saturated rings. The Morgan fingerprint density at radius 1 is 1.70 bits per heavy atom. The van der Waals surface area contributed by atoms with E-state index in [2.05, 4.69) is 23.7 Å². The molecule has 1 atom stereocenters. The summed E-state index contributed by atoms with van der Waals surface area (Å²) in [5, 5.41) is 5.57. The standard InChI is InChI=1S/C8H11NS/c1-6-3-5-10-8(6)7-2-4-9-7/h3,5,7,9H,2,4H2,1H3/t7-/m0/s1. The van der Waals surface area contributed by atoms with Crippen LogP contribution in [0.5, 0.6) is 0 Å². The van der Waals surface area contributed by atoms with E-state index < -0.39 is 0 Å². The number of rotatable bonds is 1. The number of hydrogen-bond acceptors (Lipinski definition) is 2. The lowest BCUT2D eigenvalue weighted by Gasteiger charge is -2.27.